The Bertz CT molecular complexity index is 907. The fourth-order valence-electron chi connectivity index (χ4n) is 6.28. The average molecular weight is 745 g/mol. The molecule has 6 nitrogen and oxygen atoms in total. The van der Waals surface area contributed by atoms with Crippen molar-refractivity contribution in [2.75, 3.05) is 13.2 Å². The van der Waals surface area contributed by atoms with Crippen LogP contribution < -0.4 is 0 Å². The van der Waals surface area contributed by atoms with E-state index < -0.39 is 6.10 Å². The Hall–Kier alpha value is -2.37. The van der Waals surface area contributed by atoms with Gasteiger partial charge < -0.3 is 14.2 Å². The Morgan fingerprint density at radius 3 is 1.15 bits per heavy atom. The highest BCUT2D eigenvalue weighted by Gasteiger charge is 2.19. The third-order valence-corrected chi connectivity index (χ3v) is 9.66. The first kappa shape index (κ1) is 50.6. The van der Waals surface area contributed by atoms with Crippen LogP contribution in [0, 0.1) is 0 Å². The monoisotopic (exact) mass is 745 g/mol. The molecule has 0 amide bonds. The van der Waals surface area contributed by atoms with Crippen LogP contribution in [0.2, 0.25) is 0 Å². The fourth-order valence-corrected chi connectivity index (χ4v) is 6.28. The Labute approximate surface area is 327 Å². The van der Waals surface area contributed by atoms with E-state index in [-0.39, 0.29) is 31.1 Å². The first-order valence-corrected chi connectivity index (χ1v) is 22.5. The summed E-state index contributed by atoms with van der Waals surface area (Å²) in [7, 11) is 0. The summed E-state index contributed by atoms with van der Waals surface area (Å²) in [5, 5.41) is 0. The molecule has 1 atom stereocenters. The number of unbranched alkanes of at least 4 members (excludes halogenated alkanes) is 23. The molecule has 0 fully saturated rings. The number of esters is 3. The largest absolute Gasteiger partial charge is 0.462 e. The van der Waals surface area contributed by atoms with Crippen LogP contribution in [0.25, 0.3) is 0 Å². The molecule has 0 aromatic heterocycles. The second-order valence-corrected chi connectivity index (χ2v) is 14.9. The normalized spacial score (nSPS) is 12.3. The summed E-state index contributed by atoms with van der Waals surface area (Å²) in [6, 6.07) is 0. The molecular weight excluding hydrogens is 661 g/mol. The molecule has 0 N–H and O–H groups in total. The molecule has 0 rings (SSSR count). The summed E-state index contributed by atoms with van der Waals surface area (Å²) >= 11 is 0. The van der Waals surface area contributed by atoms with Gasteiger partial charge in [-0.25, -0.2) is 0 Å². The van der Waals surface area contributed by atoms with Crippen molar-refractivity contribution < 1.29 is 28.6 Å². The van der Waals surface area contributed by atoms with Crippen LogP contribution in [0.5, 0.6) is 0 Å². The highest BCUT2D eigenvalue weighted by molar-refractivity contribution is 5.71. The summed E-state index contributed by atoms with van der Waals surface area (Å²) < 4.78 is 16.7. The Morgan fingerprint density at radius 2 is 0.736 bits per heavy atom. The van der Waals surface area contributed by atoms with Crippen LogP contribution in [-0.2, 0) is 28.6 Å². The fraction of sp³-hybridized carbons (Fsp3) is 0.809. The van der Waals surface area contributed by atoms with E-state index in [4.69, 9.17) is 14.2 Å². The van der Waals surface area contributed by atoms with E-state index in [1.165, 1.54) is 109 Å². The second-order valence-electron chi connectivity index (χ2n) is 14.9. The van der Waals surface area contributed by atoms with Gasteiger partial charge in [-0.3, -0.25) is 14.4 Å². The molecular formula is C47H84O6. The van der Waals surface area contributed by atoms with Crippen LogP contribution in [0.15, 0.2) is 36.5 Å². The van der Waals surface area contributed by atoms with Gasteiger partial charge in [-0.1, -0.05) is 192 Å². The number of carbonyl (C=O) groups is 3. The first-order valence-electron chi connectivity index (χ1n) is 22.5. The van der Waals surface area contributed by atoms with E-state index >= 15 is 0 Å². The third-order valence-electron chi connectivity index (χ3n) is 9.66. The van der Waals surface area contributed by atoms with Gasteiger partial charge in [-0.15, -0.1) is 0 Å². The van der Waals surface area contributed by atoms with Crippen LogP contribution in [0.4, 0.5) is 0 Å². The summed E-state index contributed by atoms with van der Waals surface area (Å²) in [4.78, 5) is 37.7. The molecule has 0 aliphatic heterocycles. The number of rotatable bonds is 40. The van der Waals surface area contributed by atoms with E-state index in [1.54, 1.807) is 0 Å². The van der Waals surface area contributed by atoms with Gasteiger partial charge in [0, 0.05) is 19.3 Å². The van der Waals surface area contributed by atoms with Crippen molar-refractivity contribution in [3.63, 3.8) is 0 Å². The smallest absolute Gasteiger partial charge is 0.306 e. The van der Waals surface area contributed by atoms with Crippen molar-refractivity contribution in [3.05, 3.63) is 36.5 Å². The lowest BCUT2D eigenvalue weighted by Gasteiger charge is -2.18. The van der Waals surface area contributed by atoms with Gasteiger partial charge in [0.1, 0.15) is 13.2 Å². The Balaban J connectivity index is 4.41. The van der Waals surface area contributed by atoms with Crippen LogP contribution >= 0.6 is 0 Å². The Morgan fingerprint density at radius 1 is 0.396 bits per heavy atom. The minimum Gasteiger partial charge on any atom is -0.462 e. The molecule has 0 spiro atoms. The molecule has 0 saturated carbocycles. The molecule has 0 saturated heterocycles. The highest BCUT2D eigenvalue weighted by atomic mass is 16.6. The SMILES string of the molecule is CC/C=C\C/C=C\C/C=C\CCCCC(=O)OCC(COC(=O)CCCCCCCCCCCCC)OC(=O)CCCCCCCCCCCCCC. The number of allylic oxidation sites excluding steroid dienone is 6. The van der Waals surface area contributed by atoms with E-state index in [0.717, 1.165) is 77.0 Å². The summed E-state index contributed by atoms with van der Waals surface area (Å²) in [5.74, 6) is -0.920. The number of hydrogen-bond donors (Lipinski definition) is 0. The number of hydrogen-bond acceptors (Lipinski definition) is 6. The summed E-state index contributed by atoms with van der Waals surface area (Å²) in [5.41, 5.74) is 0. The molecule has 53 heavy (non-hydrogen) atoms. The predicted molar refractivity (Wildman–Crippen MR) is 224 cm³/mol. The van der Waals surface area contributed by atoms with Gasteiger partial charge in [-0.05, 0) is 51.4 Å². The molecule has 0 aliphatic rings. The zero-order valence-corrected chi connectivity index (χ0v) is 35.0. The lowest BCUT2D eigenvalue weighted by molar-refractivity contribution is -0.167. The summed E-state index contributed by atoms with van der Waals surface area (Å²) in [6.45, 7) is 6.47. The number of carbonyl (C=O) groups excluding carboxylic acids is 3. The molecule has 0 bridgehead atoms. The van der Waals surface area contributed by atoms with Crippen molar-refractivity contribution in [1.82, 2.24) is 0 Å². The zero-order valence-electron chi connectivity index (χ0n) is 35.0. The second kappa shape index (κ2) is 42.4. The summed E-state index contributed by atoms with van der Waals surface area (Å²) in [6.07, 6.45) is 47.0. The molecule has 0 radical (unpaired) electrons. The van der Waals surface area contributed by atoms with Gasteiger partial charge in [-0.2, -0.15) is 0 Å². The van der Waals surface area contributed by atoms with Crippen molar-refractivity contribution in [3.8, 4) is 0 Å². The van der Waals surface area contributed by atoms with Gasteiger partial charge in [0.15, 0.2) is 6.10 Å². The lowest BCUT2D eigenvalue weighted by Crippen LogP contribution is -2.30. The van der Waals surface area contributed by atoms with E-state index in [9.17, 15) is 14.4 Å². The zero-order chi connectivity index (χ0) is 38.7. The molecule has 0 heterocycles. The molecule has 0 aromatic carbocycles. The highest BCUT2D eigenvalue weighted by Crippen LogP contribution is 2.15. The van der Waals surface area contributed by atoms with Gasteiger partial charge >= 0.3 is 17.9 Å². The van der Waals surface area contributed by atoms with Gasteiger partial charge in [0.05, 0.1) is 0 Å². The average Bonchev–Trinajstić information content (AvgIpc) is 3.15. The van der Waals surface area contributed by atoms with Crippen molar-refractivity contribution >= 4 is 17.9 Å². The van der Waals surface area contributed by atoms with E-state index in [1.807, 2.05) is 0 Å². The molecule has 0 aliphatic carbocycles. The van der Waals surface area contributed by atoms with Crippen molar-refractivity contribution in [2.45, 2.75) is 232 Å². The van der Waals surface area contributed by atoms with Gasteiger partial charge in [0.25, 0.3) is 0 Å². The molecule has 0 aromatic rings. The maximum Gasteiger partial charge on any atom is 0.306 e. The molecule has 1 unspecified atom stereocenters. The van der Waals surface area contributed by atoms with Crippen molar-refractivity contribution in [1.29, 1.82) is 0 Å². The predicted octanol–water partition coefficient (Wildman–Crippen LogP) is 14.2. The maximum atomic E-state index is 12.7. The minimum atomic E-state index is -0.779. The number of ether oxygens (including phenoxy) is 3. The molecule has 6 heteroatoms. The Kier molecular flexibility index (Phi) is 40.5. The van der Waals surface area contributed by atoms with Gasteiger partial charge in [0.2, 0.25) is 0 Å². The van der Waals surface area contributed by atoms with Crippen LogP contribution in [-0.4, -0.2) is 37.2 Å². The van der Waals surface area contributed by atoms with Crippen LogP contribution in [0.3, 0.4) is 0 Å². The van der Waals surface area contributed by atoms with Crippen molar-refractivity contribution in [2.24, 2.45) is 0 Å². The first-order chi connectivity index (χ1) is 26.0. The lowest BCUT2D eigenvalue weighted by atomic mass is 10.0. The quantitative estimate of drug-likeness (QED) is 0.0269. The van der Waals surface area contributed by atoms with Crippen LogP contribution in [0.1, 0.15) is 226 Å². The van der Waals surface area contributed by atoms with E-state index in [2.05, 4.69) is 57.2 Å². The molecule has 308 valence electrons. The minimum absolute atomic E-state index is 0.0809. The topological polar surface area (TPSA) is 78.9 Å². The van der Waals surface area contributed by atoms with E-state index in [0.29, 0.717) is 19.3 Å². The third kappa shape index (κ3) is 40.6. The standard InChI is InChI=1S/C47H84O6/c1-4-7-10-13-16-19-22-25-28-31-34-37-40-46(49)52-43-44(42-51-45(48)39-36-33-30-27-24-21-18-15-12-9-6-3)53-47(50)41-38-35-32-29-26-23-20-17-14-11-8-5-2/h7,10,16,19,25,28,44H,4-6,8-9,11-15,17-18,20-24,26-27,29-43H2,1-3H3/b10-7-,19-16-,28-25-. The maximum absolute atomic E-state index is 12.7.